The fourth-order valence-electron chi connectivity index (χ4n) is 6.26. The third-order valence-electron chi connectivity index (χ3n) is 8.24. The molecule has 0 amide bonds. The third-order valence-corrected chi connectivity index (χ3v) is 8.24. The minimum absolute atomic E-state index is 0.0584. The predicted octanol–water partition coefficient (Wildman–Crippen LogP) is 4.66. The first kappa shape index (κ1) is 26.4. The summed E-state index contributed by atoms with van der Waals surface area (Å²) in [6, 6.07) is 0. The van der Waals surface area contributed by atoms with E-state index in [2.05, 4.69) is 27.0 Å². The fourth-order valence-corrected chi connectivity index (χ4v) is 6.26. The van der Waals surface area contributed by atoms with Crippen LogP contribution in [0.2, 0.25) is 0 Å². The van der Waals surface area contributed by atoms with Crippen LogP contribution < -0.4 is 0 Å². The molecule has 2 fully saturated rings. The molecule has 0 radical (unpaired) electrons. The highest BCUT2D eigenvalue weighted by molar-refractivity contribution is 5.92. The number of methoxy groups -OCH3 is 1. The molecular formula is C27H38O7. The lowest BCUT2D eigenvalue weighted by Gasteiger charge is -2.60. The van der Waals surface area contributed by atoms with Crippen molar-refractivity contribution >= 4 is 17.7 Å². The number of allylic oxidation sites excluding steroid dienone is 3. The van der Waals surface area contributed by atoms with Gasteiger partial charge in [0.2, 0.25) is 12.6 Å². The van der Waals surface area contributed by atoms with Crippen molar-refractivity contribution in [1.82, 2.24) is 0 Å². The Bertz CT molecular complexity index is 889. The summed E-state index contributed by atoms with van der Waals surface area (Å²) in [5.41, 5.74) is 0.208. The van der Waals surface area contributed by atoms with Crippen molar-refractivity contribution in [2.45, 2.75) is 84.9 Å². The zero-order valence-corrected chi connectivity index (χ0v) is 21.1. The standard InChI is InChI=1S/C27H38O7/c1-8-10-23(30)33-24-20-14-19(29)15-21-26(6,12-11-16(3)9-2)17(4)13-22(31-7)27(20,21)25(34-24)32-18(5)28/h9,14,17,21-22,24-25H,2-3,8,10-13,15H2,1,4-7H3/t17-,21-,22-,24-,25+,26+,27+/m1/s1. The first-order chi connectivity index (χ1) is 16.0. The Morgan fingerprint density at radius 1 is 1.29 bits per heavy atom. The maximum Gasteiger partial charge on any atom is 0.308 e. The molecule has 34 heavy (non-hydrogen) atoms. The lowest BCUT2D eigenvalue weighted by molar-refractivity contribution is -0.255. The van der Waals surface area contributed by atoms with E-state index in [0.717, 1.165) is 18.4 Å². The number of carbonyl (C=O) groups excluding carboxylic acids is 3. The second-order valence-electron chi connectivity index (χ2n) is 10.1. The Kier molecular flexibility index (Phi) is 7.88. The van der Waals surface area contributed by atoms with Gasteiger partial charge in [-0.1, -0.05) is 45.6 Å². The summed E-state index contributed by atoms with van der Waals surface area (Å²) in [6.07, 6.45) is 4.04. The average Bonchev–Trinajstić information content (AvgIpc) is 3.06. The normalized spacial score (nSPS) is 36.7. The molecule has 7 atom stereocenters. The van der Waals surface area contributed by atoms with Gasteiger partial charge in [0.15, 0.2) is 5.78 Å². The highest BCUT2D eigenvalue weighted by Gasteiger charge is 2.71. The van der Waals surface area contributed by atoms with Gasteiger partial charge in [-0.2, -0.15) is 0 Å². The molecule has 0 bridgehead atoms. The molecule has 0 unspecified atom stereocenters. The number of hydrogen-bond donors (Lipinski definition) is 0. The van der Waals surface area contributed by atoms with Crippen LogP contribution >= 0.6 is 0 Å². The molecular weight excluding hydrogens is 436 g/mol. The molecule has 7 nitrogen and oxygen atoms in total. The van der Waals surface area contributed by atoms with Crippen LogP contribution in [0, 0.1) is 22.7 Å². The largest absolute Gasteiger partial charge is 0.435 e. The van der Waals surface area contributed by atoms with Crippen molar-refractivity contribution in [3.05, 3.63) is 36.5 Å². The Hall–Kier alpha value is -2.25. The molecule has 0 N–H and O–H groups in total. The number of hydrogen-bond acceptors (Lipinski definition) is 7. The van der Waals surface area contributed by atoms with Crippen molar-refractivity contribution in [3.63, 3.8) is 0 Å². The van der Waals surface area contributed by atoms with E-state index in [0.29, 0.717) is 18.4 Å². The van der Waals surface area contributed by atoms with Crippen molar-refractivity contribution in [2.75, 3.05) is 7.11 Å². The summed E-state index contributed by atoms with van der Waals surface area (Å²) < 4.78 is 23.6. The molecule has 3 rings (SSSR count). The van der Waals surface area contributed by atoms with Crippen LogP contribution in [0.5, 0.6) is 0 Å². The smallest absolute Gasteiger partial charge is 0.308 e. The van der Waals surface area contributed by atoms with Gasteiger partial charge < -0.3 is 14.2 Å². The number of carbonyl (C=O) groups is 3. The molecule has 1 saturated heterocycles. The fraction of sp³-hybridized carbons (Fsp3) is 0.667. The molecule has 1 heterocycles. The van der Waals surface area contributed by atoms with Gasteiger partial charge >= 0.3 is 11.9 Å². The predicted molar refractivity (Wildman–Crippen MR) is 126 cm³/mol. The summed E-state index contributed by atoms with van der Waals surface area (Å²) in [4.78, 5) is 37.6. The first-order valence-corrected chi connectivity index (χ1v) is 12.1. The van der Waals surface area contributed by atoms with Crippen molar-refractivity contribution in [2.24, 2.45) is 22.7 Å². The quantitative estimate of drug-likeness (QED) is 0.355. The Morgan fingerprint density at radius 3 is 2.59 bits per heavy atom. The molecule has 3 aliphatic rings. The van der Waals surface area contributed by atoms with Gasteiger partial charge in [-0.05, 0) is 49.0 Å². The third kappa shape index (κ3) is 4.40. The van der Waals surface area contributed by atoms with Crippen LogP contribution in [0.25, 0.3) is 0 Å². The van der Waals surface area contributed by atoms with Gasteiger partial charge in [0.05, 0.1) is 11.5 Å². The monoisotopic (exact) mass is 474 g/mol. The highest BCUT2D eigenvalue weighted by Crippen LogP contribution is 2.67. The second-order valence-corrected chi connectivity index (χ2v) is 10.1. The lowest BCUT2D eigenvalue weighted by atomic mass is 9.45. The van der Waals surface area contributed by atoms with Crippen LogP contribution in [-0.4, -0.2) is 43.5 Å². The lowest BCUT2D eigenvalue weighted by Crippen LogP contribution is -2.63. The topological polar surface area (TPSA) is 88.1 Å². The van der Waals surface area contributed by atoms with E-state index >= 15 is 0 Å². The van der Waals surface area contributed by atoms with Crippen molar-refractivity contribution < 1.29 is 33.3 Å². The molecule has 1 saturated carbocycles. The van der Waals surface area contributed by atoms with E-state index in [9.17, 15) is 14.4 Å². The number of rotatable bonds is 9. The molecule has 188 valence electrons. The van der Waals surface area contributed by atoms with Crippen LogP contribution in [0.3, 0.4) is 0 Å². The molecule has 0 aromatic heterocycles. The van der Waals surface area contributed by atoms with Gasteiger partial charge in [0.1, 0.15) is 0 Å². The molecule has 0 aromatic carbocycles. The van der Waals surface area contributed by atoms with Crippen LogP contribution in [-0.2, 0) is 33.3 Å². The molecule has 2 aliphatic carbocycles. The van der Waals surface area contributed by atoms with Gasteiger partial charge in [0.25, 0.3) is 0 Å². The summed E-state index contributed by atoms with van der Waals surface area (Å²) in [7, 11) is 1.63. The van der Waals surface area contributed by atoms with Crippen LogP contribution in [0.15, 0.2) is 36.5 Å². The first-order valence-electron chi connectivity index (χ1n) is 12.1. The molecule has 1 spiro atoms. The number of esters is 2. The van der Waals surface area contributed by atoms with Crippen molar-refractivity contribution in [3.8, 4) is 0 Å². The van der Waals surface area contributed by atoms with E-state index in [1.54, 1.807) is 13.2 Å². The van der Waals surface area contributed by atoms with Gasteiger partial charge in [-0.3, -0.25) is 19.1 Å². The Morgan fingerprint density at radius 2 is 2.00 bits per heavy atom. The number of ether oxygens (including phenoxy) is 4. The van der Waals surface area contributed by atoms with E-state index in [4.69, 9.17) is 18.9 Å². The van der Waals surface area contributed by atoms with E-state index in [1.807, 2.05) is 6.92 Å². The van der Waals surface area contributed by atoms with Gasteiger partial charge in [0, 0.05) is 32.4 Å². The summed E-state index contributed by atoms with van der Waals surface area (Å²) in [6.45, 7) is 15.5. The van der Waals surface area contributed by atoms with Gasteiger partial charge in [-0.15, -0.1) is 0 Å². The minimum atomic E-state index is -1.10. The van der Waals surface area contributed by atoms with Crippen molar-refractivity contribution in [1.29, 1.82) is 0 Å². The van der Waals surface area contributed by atoms with Crippen LogP contribution in [0.4, 0.5) is 0 Å². The van der Waals surface area contributed by atoms with Gasteiger partial charge in [-0.25, -0.2) is 0 Å². The summed E-state index contributed by atoms with van der Waals surface area (Å²) in [5, 5.41) is 0. The average molecular weight is 475 g/mol. The molecule has 0 aromatic rings. The Balaban J connectivity index is 2.16. The van der Waals surface area contributed by atoms with Crippen LogP contribution in [0.1, 0.15) is 66.2 Å². The highest BCUT2D eigenvalue weighted by atomic mass is 16.8. The Labute approximate surface area is 202 Å². The molecule has 1 aliphatic heterocycles. The zero-order valence-electron chi connectivity index (χ0n) is 21.1. The maximum atomic E-state index is 13.1. The van der Waals surface area contributed by atoms with E-state index < -0.39 is 29.9 Å². The molecule has 7 heteroatoms. The second kappa shape index (κ2) is 10.2. The zero-order chi connectivity index (χ0) is 25.3. The number of ketones is 1. The van der Waals surface area contributed by atoms with E-state index in [-0.39, 0.29) is 42.0 Å². The minimum Gasteiger partial charge on any atom is -0.435 e. The SMILES string of the molecule is C=CC(=C)CC[C@@]1(C)[C@H](C)C[C@@H](OC)[C@]23C(=CC(=O)C[C@H]12)[C@H](OC(=O)CCC)O[C@@H]3OC(C)=O. The summed E-state index contributed by atoms with van der Waals surface area (Å²) >= 11 is 0. The maximum absolute atomic E-state index is 13.1. The van der Waals surface area contributed by atoms with E-state index in [1.165, 1.54) is 13.0 Å². The summed E-state index contributed by atoms with van der Waals surface area (Å²) in [5.74, 6) is -1.04.